The van der Waals surface area contributed by atoms with Gasteiger partial charge in [-0.05, 0) is 42.4 Å². The zero-order valence-corrected chi connectivity index (χ0v) is 11.1. The van der Waals surface area contributed by atoms with Crippen molar-refractivity contribution in [2.45, 2.75) is 13.0 Å². The van der Waals surface area contributed by atoms with Crippen molar-refractivity contribution >= 4 is 11.6 Å². The van der Waals surface area contributed by atoms with Gasteiger partial charge in [-0.1, -0.05) is 18.5 Å². The lowest BCUT2D eigenvalue weighted by atomic mass is 10.0. The minimum absolute atomic E-state index is 0.205. The van der Waals surface area contributed by atoms with E-state index >= 15 is 0 Å². The van der Waals surface area contributed by atoms with Crippen molar-refractivity contribution in [1.82, 2.24) is 10.3 Å². The summed E-state index contributed by atoms with van der Waals surface area (Å²) in [5.74, 6) is -0.868. The Morgan fingerprint density at radius 3 is 2.79 bits per heavy atom. The third kappa shape index (κ3) is 3.08. The van der Waals surface area contributed by atoms with Gasteiger partial charge in [0.2, 0.25) is 0 Å². The predicted octanol–water partition coefficient (Wildman–Crippen LogP) is 3.71. The molecule has 0 aliphatic carbocycles. The Kier molecular flexibility index (Phi) is 4.45. The van der Waals surface area contributed by atoms with E-state index in [2.05, 4.69) is 10.3 Å². The van der Waals surface area contributed by atoms with Crippen LogP contribution in [0.3, 0.4) is 0 Å². The lowest BCUT2D eigenvalue weighted by Gasteiger charge is -2.19. The van der Waals surface area contributed by atoms with Crippen LogP contribution in [0.2, 0.25) is 5.02 Å². The third-order valence-electron chi connectivity index (χ3n) is 2.74. The molecule has 1 atom stereocenters. The Hall–Kier alpha value is -1.52. The highest BCUT2D eigenvalue weighted by atomic mass is 35.5. The maximum absolute atomic E-state index is 13.8. The molecule has 1 aromatic heterocycles. The summed E-state index contributed by atoms with van der Waals surface area (Å²) in [7, 11) is 0. The Labute approximate surface area is 115 Å². The molecule has 0 saturated heterocycles. The van der Waals surface area contributed by atoms with E-state index in [9.17, 15) is 8.78 Å². The van der Waals surface area contributed by atoms with Crippen LogP contribution >= 0.6 is 11.6 Å². The van der Waals surface area contributed by atoms with Gasteiger partial charge < -0.3 is 5.32 Å². The van der Waals surface area contributed by atoms with E-state index in [-0.39, 0.29) is 5.69 Å². The Morgan fingerprint density at radius 1 is 1.32 bits per heavy atom. The maximum Gasteiger partial charge on any atom is 0.146 e. The second kappa shape index (κ2) is 6.08. The topological polar surface area (TPSA) is 24.9 Å². The van der Waals surface area contributed by atoms with Gasteiger partial charge in [0, 0.05) is 11.2 Å². The van der Waals surface area contributed by atoms with E-state index in [0.29, 0.717) is 17.1 Å². The van der Waals surface area contributed by atoms with E-state index in [1.165, 1.54) is 36.5 Å². The number of aromatic nitrogens is 1. The van der Waals surface area contributed by atoms with Gasteiger partial charge in [-0.3, -0.25) is 4.98 Å². The molecule has 0 saturated carbocycles. The first kappa shape index (κ1) is 13.9. The summed E-state index contributed by atoms with van der Waals surface area (Å²) in [6.07, 6.45) is 1.50. The zero-order chi connectivity index (χ0) is 13.8. The van der Waals surface area contributed by atoms with Gasteiger partial charge in [0.05, 0.1) is 11.7 Å². The van der Waals surface area contributed by atoms with Crippen LogP contribution in [0.25, 0.3) is 0 Å². The van der Waals surface area contributed by atoms with Crippen LogP contribution in [0.4, 0.5) is 8.78 Å². The number of benzene rings is 1. The molecule has 0 bridgehead atoms. The largest absolute Gasteiger partial charge is 0.305 e. The van der Waals surface area contributed by atoms with Gasteiger partial charge in [-0.15, -0.1) is 0 Å². The number of halogens is 3. The summed E-state index contributed by atoms with van der Waals surface area (Å²) in [5, 5.41) is 3.44. The lowest BCUT2D eigenvalue weighted by Crippen LogP contribution is -2.24. The van der Waals surface area contributed by atoms with Crippen LogP contribution in [0.15, 0.2) is 36.5 Å². The molecule has 1 unspecified atom stereocenters. The molecule has 0 aliphatic heterocycles. The van der Waals surface area contributed by atoms with Crippen molar-refractivity contribution in [3.8, 4) is 0 Å². The number of nitrogens with one attached hydrogen (secondary N) is 1. The van der Waals surface area contributed by atoms with Crippen LogP contribution in [-0.4, -0.2) is 11.5 Å². The second-order valence-corrected chi connectivity index (χ2v) is 4.43. The first-order valence-corrected chi connectivity index (χ1v) is 6.30. The Bertz CT molecular complexity index is 575. The van der Waals surface area contributed by atoms with Crippen molar-refractivity contribution in [2.24, 2.45) is 0 Å². The third-order valence-corrected chi connectivity index (χ3v) is 3.08. The van der Waals surface area contributed by atoms with Crippen LogP contribution < -0.4 is 5.32 Å². The van der Waals surface area contributed by atoms with Crippen molar-refractivity contribution in [2.75, 3.05) is 6.54 Å². The van der Waals surface area contributed by atoms with Gasteiger partial charge in [0.15, 0.2) is 0 Å². The van der Waals surface area contributed by atoms with E-state index in [1.54, 1.807) is 0 Å². The molecular weight excluding hydrogens is 270 g/mol. The van der Waals surface area contributed by atoms with Crippen LogP contribution in [0, 0.1) is 11.6 Å². The van der Waals surface area contributed by atoms with E-state index in [1.807, 2.05) is 6.92 Å². The molecule has 0 aliphatic rings. The molecule has 0 fully saturated rings. The summed E-state index contributed by atoms with van der Waals surface area (Å²) in [6, 6.07) is 6.27. The fourth-order valence-corrected chi connectivity index (χ4v) is 2.13. The lowest BCUT2D eigenvalue weighted by molar-refractivity contribution is 0.539. The number of nitrogens with zero attached hydrogens (tertiary/aromatic N) is 1. The summed E-state index contributed by atoms with van der Waals surface area (Å²) in [6.45, 7) is 2.45. The van der Waals surface area contributed by atoms with Crippen molar-refractivity contribution in [1.29, 1.82) is 0 Å². The van der Waals surface area contributed by atoms with Gasteiger partial charge in [-0.25, -0.2) is 8.78 Å². The normalized spacial score (nSPS) is 12.4. The first-order valence-electron chi connectivity index (χ1n) is 5.92. The van der Waals surface area contributed by atoms with Gasteiger partial charge in [0.25, 0.3) is 0 Å². The quantitative estimate of drug-likeness (QED) is 0.925. The molecule has 1 heterocycles. The highest BCUT2D eigenvalue weighted by molar-refractivity contribution is 6.31. The molecule has 0 spiro atoms. The number of rotatable bonds is 4. The smallest absolute Gasteiger partial charge is 0.146 e. The summed E-state index contributed by atoms with van der Waals surface area (Å²) < 4.78 is 27.2. The first-order chi connectivity index (χ1) is 9.13. The van der Waals surface area contributed by atoms with Crippen molar-refractivity contribution in [3.63, 3.8) is 0 Å². The molecule has 2 rings (SSSR count). The average Bonchev–Trinajstić information content (AvgIpc) is 2.40. The molecule has 19 heavy (non-hydrogen) atoms. The SMILES string of the molecule is CCNC(c1cc(F)ccc1Cl)c1ncccc1F. The zero-order valence-electron chi connectivity index (χ0n) is 10.3. The minimum atomic E-state index is -0.575. The summed E-state index contributed by atoms with van der Waals surface area (Å²) in [5.41, 5.74) is 0.679. The summed E-state index contributed by atoms with van der Waals surface area (Å²) >= 11 is 6.07. The minimum Gasteiger partial charge on any atom is -0.305 e. The second-order valence-electron chi connectivity index (χ2n) is 4.03. The monoisotopic (exact) mass is 282 g/mol. The van der Waals surface area contributed by atoms with Crippen LogP contribution in [0.5, 0.6) is 0 Å². The maximum atomic E-state index is 13.8. The molecule has 0 radical (unpaired) electrons. The van der Waals surface area contributed by atoms with E-state index in [0.717, 1.165) is 0 Å². The molecule has 2 nitrogen and oxygen atoms in total. The van der Waals surface area contributed by atoms with E-state index < -0.39 is 17.7 Å². The van der Waals surface area contributed by atoms with Gasteiger partial charge in [-0.2, -0.15) is 0 Å². The highest BCUT2D eigenvalue weighted by Gasteiger charge is 2.21. The number of hydrogen-bond donors (Lipinski definition) is 1. The molecule has 5 heteroatoms. The highest BCUT2D eigenvalue weighted by Crippen LogP contribution is 2.29. The Balaban J connectivity index is 2.51. The Morgan fingerprint density at radius 2 is 2.11 bits per heavy atom. The molecule has 1 N–H and O–H groups in total. The number of hydrogen-bond acceptors (Lipinski definition) is 2. The fraction of sp³-hybridized carbons (Fsp3) is 0.214. The van der Waals surface area contributed by atoms with Crippen LogP contribution in [0.1, 0.15) is 24.2 Å². The fourth-order valence-electron chi connectivity index (χ4n) is 1.90. The van der Waals surface area contributed by atoms with Crippen molar-refractivity contribution in [3.05, 3.63) is 64.4 Å². The van der Waals surface area contributed by atoms with Gasteiger partial charge >= 0.3 is 0 Å². The molecule has 0 amide bonds. The molecular formula is C14H13ClF2N2. The van der Waals surface area contributed by atoms with E-state index in [4.69, 9.17) is 11.6 Å². The number of pyridine rings is 1. The van der Waals surface area contributed by atoms with Crippen molar-refractivity contribution < 1.29 is 8.78 Å². The molecule has 1 aromatic carbocycles. The van der Waals surface area contributed by atoms with Crippen LogP contribution in [-0.2, 0) is 0 Å². The molecule has 2 aromatic rings. The molecule has 100 valence electrons. The van der Waals surface area contributed by atoms with Gasteiger partial charge in [0.1, 0.15) is 11.6 Å². The standard InChI is InChI=1S/C14H13ClF2N2/c1-2-18-13(14-12(17)4-3-7-19-14)10-8-9(16)5-6-11(10)15/h3-8,13,18H,2H2,1H3. The summed E-state index contributed by atoms with van der Waals surface area (Å²) in [4.78, 5) is 4.03. The predicted molar refractivity (Wildman–Crippen MR) is 71.1 cm³/mol. The average molecular weight is 283 g/mol.